The van der Waals surface area contributed by atoms with Gasteiger partial charge in [-0.25, -0.2) is 4.98 Å². The number of pyridine rings is 1. The molecule has 1 atom stereocenters. The fraction of sp³-hybridized carbons (Fsp3) is 0.286. The molecule has 0 bridgehead atoms. The van der Waals surface area contributed by atoms with Gasteiger partial charge in [-0.15, -0.1) is 0 Å². The second-order valence-electron chi connectivity index (χ2n) is 4.43. The summed E-state index contributed by atoms with van der Waals surface area (Å²) in [5.41, 5.74) is 1.57. The van der Waals surface area contributed by atoms with E-state index in [1.807, 2.05) is 26.8 Å². The molecule has 5 heteroatoms. The standard InChI is InChI=1S/C14H15BrN2O2/c1-8-6-12(10(3)19-8)9(2)17-14(18)11-4-5-16-13(15)7-11/h4-7,9H,1-3H3,(H,17,18). The number of aryl methyl sites for hydroxylation is 2. The Morgan fingerprint density at radius 1 is 1.42 bits per heavy atom. The summed E-state index contributed by atoms with van der Waals surface area (Å²) in [4.78, 5) is 16.1. The number of hydrogen-bond donors (Lipinski definition) is 1. The van der Waals surface area contributed by atoms with Crippen LogP contribution < -0.4 is 5.32 Å². The Morgan fingerprint density at radius 2 is 2.16 bits per heavy atom. The smallest absolute Gasteiger partial charge is 0.251 e. The van der Waals surface area contributed by atoms with Gasteiger partial charge in [-0.2, -0.15) is 0 Å². The summed E-state index contributed by atoms with van der Waals surface area (Å²) in [5.74, 6) is 1.55. The van der Waals surface area contributed by atoms with Crippen molar-refractivity contribution < 1.29 is 9.21 Å². The van der Waals surface area contributed by atoms with E-state index in [0.29, 0.717) is 10.2 Å². The number of nitrogens with one attached hydrogen (secondary N) is 1. The molecule has 0 aliphatic carbocycles. The van der Waals surface area contributed by atoms with Crippen molar-refractivity contribution in [1.82, 2.24) is 10.3 Å². The first-order valence-electron chi connectivity index (χ1n) is 5.96. The van der Waals surface area contributed by atoms with E-state index in [0.717, 1.165) is 17.1 Å². The van der Waals surface area contributed by atoms with Gasteiger partial charge < -0.3 is 9.73 Å². The molecule has 0 aliphatic rings. The lowest BCUT2D eigenvalue weighted by atomic mass is 10.1. The average molecular weight is 323 g/mol. The topological polar surface area (TPSA) is 55.1 Å². The van der Waals surface area contributed by atoms with E-state index in [4.69, 9.17) is 4.42 Å². The fourth-order valence-electron chi connectivity index (χ4n) is 1.98. The van der Waals surface area contributed by atoms with E-state index in [1.165, 1.54) is 0 Å². The monoisotopic (exact) mass is 322 g/mol. The van der Waals surface area contributed by atoms with Crippen molar-refractivity contribution in [1.29, 1.82) is 0 Å². The largest absolute Gasteiger partial charge is 0.466 e. The van der Waals surface area contributed by atoms with Crippen LogP contribution in [0.5, 0.6) is 0 Å². The Morgan fingerprint density at radius 3 is 2.74 bits per heavy atom. The minimum absolute atomic E-state index is 0.100. The molecule has 1 amide bonds. The first-order valence-corrected chi connectivity index (χ1v) is 6.76. The van der Waals surface area contributed by atoms with Gasteiger partial charge in [0.2, 0.25) is 0 Å². The summed E-state index contributed by atoms with van der Waals surface area (Å²) in [5, 5.41) is 2.95. The molecule has 2 rings (SSSR count). The van der Waals surface area contributed by atoms with Crippen molar-refractivity contribution in [2.75, 3.05) is 0 Å². The van der Waals surface area contributed by atoms with Crippen LogP contribution in [0.15, 0.2) is 33.4 Å². The first kappa shape index (κ1) is 13.8. The summed E-state index contributed by atoms with van der Waals surface area (Å²) >= 11 is 3.25. The molecule has 1 N–H and O–H groups in total. The van der Waals surface area contributed by atoms with Gasteiger partial charge in [-0.05, 0) is 54.9 Å². The summed E-state index contributed by atoms with van der Waals surface area (Å²) in [7, 11) is 0. The first-order chi connectivity index (χ1) is 8.97. The predicted octanol–water partition coefficient (Wildman–Crippen LogP) is 3.54. The fourth-order valence-corrected chi connectivity index (χ4v) is 2.35. The van der Waals surface area contributed by atoms with Crippen molar-refractivity contribution in [2.24, 2.45) is 0 Å². The second-order valence-corrected chi connectivity index (χ2v) is 5.24. The Bertz CT molecular complexity index is 607. The molecule has 0 spiro atoms. The summed E-state index contributed by atoms with van der Waals surface area (Å²) in [6.45, 7) is 5.73. The zero-order valence-electron chi connectivity index (χ0n) is 11.0. The maximum Gasteiger partial charge on any atom is 0.251 e. The second kappa shape index (κ2) is 5.57. The Balaban J connectivity index is 2.13. The minimum Gasteiger partial charge on any atom is -0.466 e. The van der Waals surface area contributed by atoms with Gasteiger partial charge in [0.25, 0.3) is 5.91 Å². The molecule has 0 saturated carbocycles. The average Bonchev–Trinajstić information content (AvgIpc) is 2.68. The molecule has 0 aliphatic heterocycles. The Kier molecular flexibility index (Phi) is 4.04. The zero-order chi connectivity index (χ0) is 14.0. The van der Waals surface area contributed by atoms with Crippen molar-refractivity contribution in [2.45, 2.75) is 26.8 Å². The van der Waals surface area contributed by atoms with Crippen molar-refractivity contribution in [3.05, 3.63) is 51.6 Å². The number of halogens is 1. The number of hydrogen-bond acceptors (Lipinski definition) is 3. The van der Waals surface area contributed by atoms with Gasteiger partial charge in [0.05, 0.1) is 6.04 Å². The number of nitrogens with zero attached hydrogens (tertiary/aromatic N) is 1. The Hall–Kier alpha value is -1.62. The van der Waals surface area contributed by atoms with E-state index < -0.39 is 0 Å². The SMILES string of the molecule is Cc1cc(C(C)NC(=O)c2ccnc(Br)c2)c(C)o1. The molecule has 2 heterocycles. The van der Waals surface area contributed by atoms with E-state index >= 15 is 0 Å². The van der Waals surface area contributed by atoms with Crippen molar-refractivity contribution in [3.8, 4) is 0 Å². The third-order valence-electron chi connectivity index (χ3n) is 2.88. The van der Waals surface area contributed by atoms with Gasteiger partial charge in [-0.3, -0.25) is 4.79 Å². The molecule has 2 aromatic rings. The van der Waals surface area contributed by atoms with E-state index in [-0.39, 0.29) is 11.9 Å². The molecule has 0 radical (unpaired) electrons. The predicted molar refractivity (Wildman–Crippen MR) is 76.0 cm³/mol. The molecule has 1 unspecified atom stereocenters. The van der Waals surface area contributed by atoms with Gasteiger partial charge in [0, 0.05) is 17.3 Å². The van der Waals surface area contributed by atoms with Gasteiger partial charge in [0.1, 0.15) is 16.1 Å². The van der Waals surface area contributed by atoms with Crippen molar-refractivity contribution in [3.63, 3.8) is 0 Å². The highest BCUT2D eigenvalue weighted by molar-refractivity contribution is 9.10. The lowest BCUT2D eigenvalue weighted by molar-refractivity contribution is 0.0939. The van der Waals surface area contributed by atoms with Crippen LogP contribution in [-0.2, 0) is 0 Å². The molecule has 0 fully saturated rings. The normalized spacial score (nSPS) is 12.2. The lowest BCUT2D eigenvalue weighted by Crippen LogP contribution is -2.26. The molecular formula is C14H15BrN2O2. The third-order valence-corrected chi connectivity index (χ3v) is 3.32. The van der Waals surface area contributed by atoms with Crippen LogP contribution in [0.1, 0.15) is 40.4 Å². The maximum absolute atomic E-state index is 12.1. The molecule has 4 nitrogen and oxygen atoms in total. The number of carbonyl (C=O) groups is 1. The van der Waals surface area contributed by atoms with Crippen molar-refractivity contribution >= 4 is 21.8 Å². The molecule has 0 saturated heterocycles. The molecule has 2 aromatic heterocycles. The van der Waals surface area contributed by atoms with Gasteiger partial charge in [0.15, 0.2) is 0 Å². The summed E-state index contributed by atoms with van der Waals surface area (Å²) < 4.78 is 6.12. The van der Waals surface area contributed by atoms with Crippen LogP contribution in [0.25, 0.3) is 0 Å². The van der Waals surface area contributed by atoms with E-state index in [9.17, 15) is 4.79 Å². The van der Waals surface area contributed by atoms with Crippen LogP contribution in [0.4, 0.5) is 0 Å². The number of amides is 1. The van der Waals surface area contributed by atoms with Crippen LogP contribution in [-0.4, -0.2) is 10.9 Å². The maximum atomic E-state index is 12.1. The molecule has 19 heavy (non-hydrogen) atoms. The summed E-state index contributed by atoms with van der Waals surface area (Å²) in [6.07, 6.45) is 1.59. The van der Waals surface area contributed by atoms with E-state index in [1.54, 1.807) is 18.3 Å². The zero-order valence-corrected chi connectivity index (χ0v) is 12.6. The highest BCUT2D eigenvalue weighted by atomic mass is 79.9. The number of aromatic nitrogens is 1. The number of carbonyl (C=O) groups excluding carboxylic acids is 1. The van der Waals surface area contributed by atoms with Gasteiger partial charge >= 0.3 is 0 Å². The highest BCUT2D eigenvalue weighted by Crippen LogP contribution is 2.21. The quantitative estimate of drug-likeness (QED) is 0.879. The van der Waals surface area contributed by atoms with Crippen LogP contribution in [0.2, 0.25) is 0 Å². The van der Waals surface area contributed by atoms with Crippen LogP contribution in [0.3, 0.4) is 0 Å². The van der Waals surface area contributed by atoms with Crippen LogP contribution >= 0.6 is 15.9 Å². The van der Waals surface area contributed by atoms with E-state index in [2.05, 4.69) is 26.2 Å². The summed E-state index contributed by atoms with van der Waals surface area (Å²) in [6, 6.07) is 5.22. The molecular weight excluding hydrogens is 308 g/mol. The number of rotatable bonds is 3. The lowest BCUT2D eigenvalue weighted by Gasteiger charge is -2.13. The highest BCUT2D eigenvalue weighted by Gasteiger charge is 2.16. The third kappa shape index (κ3) is 3.23. The minimum atomic E-state index is -0.131. The van der Waals surface area contributed by atoms with Gasteiger partial charge in [-0.1, -0.05) is 0 Å². The molecule has 0 aromatic carbocycles. The number of furan rings is 1. The Labute approximate surface area is 120 Å². The molecule has 100 valence electrons. The van der Waals surface area contributed by atoms with Crippen LogP contribution in [0, 0.1) is 13.8 Å².